The van der Waals surface area contributed by atoms with Crippen molar-refractivity contribution in [1.82, 2.24) is 0 Å². The summed E-state index contributed by atoms with van der Waals surface area (Å²) in [7, 11) is 1.62. The molecule has 0 aromatic heterocycles. The molecule has 1 atom stereocenters. The fourth-order valence-electron chi connectivity index (χ4n) is 3.07. The molecule has 20 heavy (non-hydrogen) atoms. The van der Waals surface area contributed by atoms with Gasteiger partial charge in [-0.25, -0.2) is 0 Å². The topological polar surface area (TPSA) is 55.5 Å². The van der Waals surface area contributed by atoms with Crippen LogP contribution < -0.4 is 5.73 Å². The molecule has 0 aliphatic heterocycles. The fourth-order valence-corrected chi connectivity index (χ4v) is 3.07. The van der Waals surface area contributed by atoms with Gasteiger partial charge < -0.3 is 15.6 Å². The molecule has 1 unspecified atom stereocenters. The third-order valence-electron chi connectivity index (χ3n) is 4.35. The van der Waals surface area contributed by atoms with Gasteiger partial charge in [-0.3, -0.25) is 0 Å². The molecule has 114 valence electrons. The minimum absolute atomic E-state index is 0.0137. The molecule has 0 radical (unpaired) electrons. The van der Waals surface area contributed by atoms with Gasteiger partial charge in [0, 0.05) is 12.5 Å². The molecule has 1 rings (SSSR count). The Morgan fingerprint density at radius 3 is 2.35 bits per heavy atom. The molecule has 0 aromatic rings. The zero-order chi connectivity index (χ0) is 15.0. The lowest BCUT2D eigenvalue weighted by Gasteiger charge is -2.35. The molecular weight excluding hydrogens is 250 g/mol. The number of allylic oxidation sites excluding steroid dienone is 3. The van der Waals surface area contributed by atoms with E-state index in [0.717, 1.165) is 31.3 Å². The van der Waals surface area contributed by atoms with E-state index in [-0.39, 0.29) is 5.92 Å². The summed E-state index contributed by atoms with van der Waals surface area (Å²) in [6.45, 7) is 6.20. The Kier molecular flexibility index (Phi) is 7.03. The fraction of sp³-hybridized carbons (Fsp3) is 0.647. The van der Waals surface area contributed by atoms with E-state index in [1.54, 1.807) is 13.2 Å². The average molecular weight is 279 g/mol. The molecule has 1 aliphatic carbocycles. The number of rotatable bonds is 6. The van der Waals surface area contributed by atoms with Crippen molar-refractivity contribution in [1.29, 1.82) is 0 Å². The van der Waals surface area contributed by atoms with Gasteiger partial charge in [0.15, 0.2) is 0 Å². The van der Waals surface area contributed by atoms with Crippen molar-refractivity contribution in [3.8, 4) is 0 Å². The first-order valence-corrected chi connectivity index (χ1v) is 7.54. The molecule has 0 heterocycles. The maximum atomic E-state index is 11.0. The maximum absolute atomic E-state index is 11.0. The highest BCUT2D eigenvalue weighted by atomic mass is 16.5. The van der Waals surface area contributed by atoms with Crippen molar-refractivity contribution in [2.45, 2.75) is 51.0 Å². The molecule has 0 spiro atoms. The summed E-state index contributed by atoms with van der Waals surface area (Å²) < 4.78 is 5.16. The summed E-state index contributed by atoms with van der Waals surface area (Å²) in [5.74, 6) is 0.729. The number of ether oxygens (including phenoxy) is 1. The van der Waals surface area contributed by atoms with Gasteiger partial charge in [-0.05, 0) is 31.9 Å². The lowest BCUT2D eigenvalue weighted by atomic mass is 9.77. The summed E-state index contributed by atoms with van der Waals surface area (Å²) in [5, 5.41) is 11.0. The first kappa shape index (κ1) is 17.0. The van der Waals surface area contributed by atoms with Crippen LogP contribution in [-0.2, 0) is 4.74 Å². The lowest BCUT2D eigenvalue weighted by Crippen LogP contribution is -2.42. The van der Waals surface area contributed by atoms with Gasteiger partial charge in [0.25, 0.3) is 0 Å². The zero-order valence-corrected chi connectivity index (χ0v) is 12.9. The van der Waals surface area contributed by atoms with Crippen LogP contribution in [0, 0.1) is 5.92 Å². The van der Waals surface area contributed by atoms with Crippen molar-refractivity contribution in [3.05, 3.63) is 36.1 Å². The van der Waals surface area contributed by atoms with Crippen LogP contribution in [-0.4, -0.2) is 24.4 Å². The van der Waals surface area contributed by atoms with Crippen LogP contribution in [0.15, 0.2) is 36.1 Å². The molecule has 3 nitrogen and oxygen atoms in total. The second-order valence-corrected chi connectivity index (χ2v) is 5.69. The van der Waals surface area contributed by atoms with Crippen molar-refractivity contribution in [2.75, 3.05) is 13.7 Å². The lowest BCUT2D eigenvalue weighted by molar-refractivity contribution is -0.0156. The minimum Gasteiger partial charge on any atom is -0.497 e. The second kappa shape index (κ2) is 8.28. The second-order valence-electron chi connectivity index (χ2n) is 5.69. The molecule has 3 N–H and O–H groups in total. The van der Waals surface area contributed by atoms with Crippen molar-refractivity contribution in [3.63, 3.8) is 0 Å². The Morgan fingerprint density at radius 1 is 1.30 bits per heavy atom. The van der Waals surface area contributed by atoms with E-state index in [9.17, 15) is 5.11 Å². The highest BCUT2D eigenvalue weighted by Gasteiger charge is 2.36. The first-order chi connectivity index (χ1) is 9.57. The minimum atomic E-state index is -0.652. The molecule has 0 aromatic carbocycles. The summed E-state index contributed by atoms with van der Waals surface area (Å²) in [4.78, 5) is 0. The zero-order valence-electron chi connectivity index (χ0n) is 12.9. The highest BCUT2D eigenvalue weighted by molar-refractivity contribution is 5.22. The summed E-state index contributed by atoms with van der Waals surface area (Å²) in [6.07, 6.45) is 11.8. The predicted octanol–water partition coefficient (Wildman–Crippen LogP) is 3.31. The van der Waals surface area contributed by atoms with E-state index in [4.69, 9.17) is 10.5 Å². The number of methoxy groups -OCH3 is 1. The SMILES string of the molecule is C=C/C(=C\C=C(/C)C(CN)C1(O)CCCCCC1)OC. The molecule has 1 fully saturated rings. The predicted molar refractivity (Wildman–Crippen MR) is 84.2 cm³/mol. The smallest absolute Gasteiger partial charge is 0.118 e. The standard InChI is InChI=1S/C17H29NO2/c1-4-15(20-3)10-9-14(2)16(13-18)17(19)11-7-5-6-8-12-17/h4,9-10,16,19H,1,5-8,11-13,18H2,2-3H3/b14-9+,15-10+. The van der Waals surface area contributed by atoms with Crippen LogP contribution in [0.4, 0.5) is 0 Å². The van der Waals surface area contributed by atoms with E-state index in [2.05, 4.69) is 6.58 Å². The third kappa shape index (κ3) is 4.50. The quantitative estimate of drug-likeness (QED) is 0.445. The third-order valence-corrected chi connectivity index (χ3v) is 4.35. The number of aliphatic hydroxyl groups is 1. The van der Waals surface area contributed by atoms with E-state index in [1.165, 1.54) is 12.8 Å². The molecule has 0 bridgehead atoms. The van der Waals surface area contributed by atoms with Gasteiger partial charge in [0.1, 0.15) is 5.76 Å². The van der Waals surface area contributed by atoms with Gasteiger partial charge in [0.05, 0.1) is 12.7 Å². The molecule has 1 saturated carbocycles. The highest BCUT2D eigenvalue weighted by Crippen LogP contribution is 2.36. The van der Waals surface area contributed by atoms with Crippen LogP contribution >= 0.6 is 0 Å². The normalized spacial score (nSPS) is 22.0. The summed E-state index contributed by atoms with van der Waals surface area (Å²) >= 11 is 0. The van der Waals surface area contributed by atoms with E-state index in [0.29, 0.717) is 12.3 Å². The van der Waals surface area contributed by atoms with Crippen LogP contribution in [0.2, 0.25) is 0 Å². The Morgan fingerprint density at radius 2 is 1.90 bits per heavy atom. The Hall–Kier alpha value is -1.06. The van der Waals surface area contributed by atoms with E-state index in [1.807, 2.05) is 19.1 Å². The Balaban J connectivity index is 2.90. The summed E-state index contributed by atoms with van der Waals surface area (Å²) in [6, 6.07) is 0. The Bertz CT molecular complexity index is 363. The largest absolute Gasteiger partial charge is 0.497 e. The summed E-state index contributed by atoms with van der Waals surface area (Å²) in [5.41, 5.74) is 6.39. The maximum Gasteiger partial charge on any atom is 0.118 e. The van der Waals surface area contributed by atoms with Gasteiger partial charge in [-0.1, -0.05) is 43.9 Å². The van der Waals surface area contributed by atoms with Crippen molar-refractivity contribution < 1.29 is 9.84 Å². The van der Waals surface area contributed by atoms with Crippen molar-refractivity contribution >= 4 is 0 Å². The molecule has 0 saturated heterocycles. The van der Waals surface area contributed by atoms with Crippen LogP contribution in [0.5, 0.6) is 0 Å². The average Bonchev–Trinajstić information content (AvgIpc) is 2.66. The van der Waals surface area contributed by atoms with Gasteiger partial charge in [-0.2, -0.15) is 0 Å². The van der Waals surface area contributed by atoms with Gasteiger partial charge >= 0.3 is 0 Å². The van der Waals surface area contributed by atoms with Gasteiger partial charge in [0.2, 0.25) is 0 Å². The Labute approximate surface area is 123 Å². The monoisotopic (exact) mass is 279 g/mol. The van der Waals surface area contributed by atoms with E-state index < -0.39 is 5.60 Å². The molecular formula is C17H29NO2. The molecule has 3 heteroatoms. The first-order valence-electron chi connectivity index (χ1n) is 7.54. The number of hydrogen-bond acceptors (Lipinski definition) is 3. The van der Waals surface area contributed by atoms with Crippen LogP contribution in [0.3, 0.4) is 0 Å². The molecule has 0 amide bonds. The number of nitrogens with two attached hydrogens (primary N) is 1. The molecule has 1 aliphatic rings. The van der Waals surface area contributed by atoms with E-state index >= 15 is 0 Å². The van der Waals surface area contributed by atoms with Gasteiger partial charge in [-0.15, -0.1) is 0 Å². The van der Waals surface area contributed by atoms with Crippen LogP contribution in [0.1, 0.15) is 45.4 Å². The number of hydrogen-bond donors (Lipinski definition) is 2. The van der Waals surface area contributed by atoms with Crippen LogP contribution in [0.25, 0.3) is 0 Å². The van der Waals surface area contributed by atoms with Crippen molar-refractivity contribution in [2.24, 2.45) is 11.7 Å².